The van der Waals surface area contributed by atoms with Crippen molar-refractivity contribution in [3.63, 3.8) is 0 Å². The van der Waals surface area contributed by atoms with Crippen LogP contribution in [0.1, 0.15) is 29.7 Å². The molecule has 0 saturated heterocycles. The number of aromatic nitrogens is 2. The minimum Gasteiger partial charge on any atom is -0.455 e. The third-order valence-electron chi connectivity index (χ3n) is 4.30. The molecule has 25 heavy (non-hydrogen) atoms. The standard InChI is InChI=1S/C19H23N3O3/c1-11-7-15(13(3)20)19-16(8-11)17(23)12(2)18(25-19)14-9-21-22(10-14)5-6-24-4/h7-10,13H,5-6,20H2,1-4H3. The number of benzene rings is 1. The van der Waals surface area contributed by atoms with Crippen LogP contribution in [0.25, 0.3) is 22.3 Å². The molecule has 0 aliphatic carbocycles. The van der Waals surface area contributed by atoms with Crippen LogP contribution in [0.15, 0.2) is 33.7 Å². The van der Waals surface area contributed by atoms with Gasteiger partial charge in [-0.1, -0.05) is 6.07 Å². The van der Waals surface area contributed by atoms with Gasteiger partial charge < -0.3 is 14.9 Å². The van der Waals surface area contributed by atoms with Gasteiger partial charge in [0.15, 0.2) is 5.43 Å². The SMILES string of the molecule is COCCn1cc(-c2oc3c(C(C)N)cc(C)cc3c(=O)c2C)cn1. The lowest BCUT2D eigenvalue weighted by molar-refractivity contribution is 0.183. The van der Waals surface area contributed by atoms with Gasteiger partial charge in [-0.25, -0.2) is 0 Å². The van der Waals surface area contributed by atoms with Gasteiger partial charge in [0, 0.05) is 30.5 Å². The maximum Gasteiger partial charge on any atom is 0.196 e. The van der Waals surface area contributed by atoms with E-state index in [1.165, 1.54) is 0 Å². The van der Waals surface area contributed by atoms with E-state index in [2.05, 4.69) is 5.10 Å². The predicted octanol–water partition coefficient (Wildman–Crippen LogP) is 2.94. The van der Waals surface area contributed by atoms with Gasteiger partial charge in [-0.05, 0) is 32.4 Å². The van der Waals surface area contributed by atoms with E-state index in [1.54, 1.807) is 24.9 Å². The van der Waals surface area contributed by atoms with Gasteiger partial charge in [0.05, 0.1) is 30.3 Å². The number of nitrogens with two attached hydrogens (primary N) is 1. The number of ether oxygens (including phenoxy) is 1. The molecule has 2 N–H and O–H groups in total. The Labute approximate surface area is 146 Å². The maximum atomic E-state index is 12.9. The molecule has 0 fully saturated rings. The number of hydrogen-bond donors (Lipinski definition) is 1. The molecule has 0 aliphatic rings. The summed E-state index contributed by atoms with van der Waals surface area (Å²) in [5.74, 6) is 0.534. The summed E-state index contributed by atoms with van der Waals surface area (Å²) >= 11 is 0. The molecule has 132 valence electrons. The van der Waals surface area contributed by atoms with Crippen LogP contribution in [0, 0.1) is 13.8 Å². The Bertz CT molecular complexity index is 970. The molecule has 1 unspecified atom stereocenters. The molecule has 0 saturated carbocycles. The van der Waals surface area contributed by atoms with Crippen LogP contribution in [0.4, 0.5) is 0 Å². The number of methoxy groups -OCH3 is 1. The highest BCUT2D eigenvalue weighted by atomic mass is 16.5. The van der Waals surface area contributed by atoms with Gasteiger partial charge in [-0.2, -0.15) is 5.10 Å². The Balaban J connectivity index is 2.21. The normalized spacial score (nSPS) is 12.7. The molecule has 2 aromatic heterocycles. The average molecular weight is 341 g/mol. The smallest absolute Gasteiger partial charge is 0.196 e. The topological polar surface area (TPSA) is 83.3 Å². The first-order valence-electron chi connectivity index (χ1n) is 8.27. The van der Waals surface area contributed by atoms with Gasteiger partial charge in [-0.3, -0.25) is 9.48 Å². The van der Waals surface area contributed by atoms with Gasteiger partial charge in [-0.15, -0.1) is 0 Å². The molecule has 6 nitrogen and oxygen atoms in total. The fourth-order valence-electron chi connectivity index (χ4n) is 2.97. The van der Waals surface area contributed by atoms with Crippen LogP contribution in [-0.2, 0) is 11.3 Å². The minimum atomic E-state index is -0.231. The lowest BCUT2D eigenvalue weighted by Crippen LogP contribution is -2.12. The summed E-state index contributed by atoms with van der Waals surface area (Å²) in [5, 5.41) is 4.87. The zero-order chi connectivity index (χ0) is 18.1. The fraction of sp³-hybridized carbons (Fsp3) is 0.368. The van der Waals surface area contributed by atoms with E-state index in [0.717, 1.165) is 16.7 Å². The van der Waals surface area contributed by atoms with E-state index in [9.17, 15) is 4.79 Å². The second-order valence-corrected chi connectivity index (χ2v) is 6.39. The van der Waals surface area contributed by atoms with Crippen molar-refractivity contribution in [1.29, 1.82) is 0 Å². The van der Waals surface area contributed by atoms with Crippen molar-refractivity contribution in [3.05, 3.63) is 51.4 Å². The minimum absolute atomic E-state index is 0.0357. The molecule has 0 aliphatic heterocycles. The van der Waals surface area contributed by atoms with Gasteiger partial charge >= 0.3 is 0 Å². The summed E-state index contributed by atoms with van der Waals surface area (Å²) in [6, 6.07) is 3.59. The maximum absolute atomic E-state index is 12.9. The van der Waals surface area contributed by atoms with Crippen LogP contribution in [0.3, 0.4) is 0 Å². The summed E-state index contributed by atoms with van der Waals surface area (Å²) < 4.78 is 13.0. The summed E-state index contributed by atoms with van der Waals surface area (Å²) in [5.41, 5.74) is 9.77. The number of hydrogen-bond acceptors (Lipinski definition) is 5. The van der Waals surface area contributed by atoms with Crippen LogP contribution in [0.5, 0.6) is 0 Å². The Morgan fingerprint density at radius 1 is 1.36 bits per heavy atom. The highest BCUT2D eigenvalue weighted by molar-refractivity contribution is 5.84. The summed E-state index contributed by atoms with van der Waals surface area (Å²) in [6.45, 7) is 6.82. The highest BCUT2D eigenvalue weighted by Crippen LogP contribution is 2.29. The second-order valence-electron chi connectivity index (χ2n) is 6.39. The third kappa shape index (κ3) is 3.23. The molecule has 2 heterocycles. The van der Waals surface area contributed by atoms with Crippen molar-refractivity contribution >= 4 is 11.0 Å². The summed E-state index contributed by atoms with van der Waals surface area (Å²) in [4.78, 5) is 12.9. The van der Waals surface area contributed by atoms with Crippen molar-refractivity contribution < 1.29 is 9.15 Å². The molecule has 3 aromatic rings. The van der Waals surface area contributed by atoms with E-state index in [4.69, 9.17) is 14.9 Å². The van der Waals surface area contributed by atoms with E-state index in [1.807, 2.05) is 32.2 Å². The molecule has 0 radical (unpaired) electrons. The molecular weight excluding hydrogens is 318 g/mol. The molecule has 6 heteroatoms. The van der Waals surface area contributed by atoms with Crippen LogP contribution >= 0.6 is 0 Å². The molecule has 3 rings (SSSR count). The Kier molecular flexibility index (Phi) is 4.74. The Hall–Kier alpha value is -2.44. The average Bonchev–Trinajstić information content (AvgIpc) is 3.04. The quantitative estimate of drug-likeness (QED) is 0.771. The molecule has 1 aromatic carbocycles. The van der Waals surface area contributed by atoms with Gasteiger partial charge in [0.1, 0.15) is 11.3 Å². The van der Waals surface area contributed by atoms with Crippen LogP contribution < -0.4 is 11.2 Å². The van der Waals surface area contributed by atoms with Crippen LogP contribution in [0.2, 0.25) is 0 Å². The van der Waals surface area contributed by atoms with Gasteiger partial charge in [0.2, 0.25) is 0 Å². The lowest BCUT2D eigenvalue weighted by atomic mass is 10.00. The Morgan fingerprint density at radius 2 is 2.12 bits per heavy atom. The first kappa shape index (κ1) is 17.4. The van der Waals surface area contributed by atoms with Crippen molar-refractivity contribution in [2.24, 2.45) is 5.73 Å². The predicted molar refractivity (Wildman–Crippen MR) is 97.7 cm³/mol. The number of nitrogens with zero attached hydrogens (tertiary/aromatic N) is 2. The molecule has 0 bridgehead atoms. The van der Waals surface area contributed by atoms with E-state index >= 15 is 0 Å². The lowest BCUT2D eigenvalue weighted by Gasteiger charge is -2.13. The summed E-state index contributed by atoms with van der Waals surface area (Å²) in [6.07, 6.45) is 3.56. The third-order valence-corrected chi connectivity index (χ3v) is 4.30. The number of rotatable bonds is 5. The van der Waals surface area contributed by atoms with Crippen molar-refractivity contribution in [3.8, 4) is 11.3 Å². The largest absolute Gasteiger partial charge is 0.455 e. The fourth-order valence-corrected chi connectivity index (χ4v) is 2.97. The zero-order valence-electron chi connectivity index (χ0n) is 15.0. The number of fused-ring (bicyclic) bond motifs is 1. The van der Waals surface area contributed by atoms with E-state index in [0.29, 0.717) is 35.4 Å². The monoisotopic (exact) mass is 341 g/mol. The first-order chi connectivity index (χ1) is 11.9. The molecule has 1 atom stereocenters. The second kappa shape index (κ2) is 6.82. The van der Waals surface area contributed by atoms with Crippen LogP contribution in [-0.4, -0.2) is 23.5 Å². The highest BCUT2D eigenvalue weighted by Gasteiger charge is 2.18. The zero-order valence-corrected chi connectivity index (χ0v) is 15.0. The number of aryl methyl sites for hydroxylation is 1. The van der Waals surface area contributed by atoms with Crippen molar-refractivity contribution in [1.82, 2.24) is 9.78 Å². The van der Waals surface area contributed by atoms with Crippen molar-refractivity contribution in [2.75, 3.05) is 13.7 Å². The Morgan fingerprint density at radius 3 is 2.80 bits per heavy atom. The van der Waals surface area contributed by atoms with Crippen molar-refractivity contribution in [2.45, 2.75) is 33.4 Å². The molecular formula is C19H23N3O3. The van der Waals surface area contributed by atoms with Gasteiger partial charge in [0.25, 0.3) is 0 Å². The van der Waals surface area contributed by atoms with E-state index in [-0.39, 0.29) is 11.5 Å². The molecule has 0 spiro atoms. The van der Waals surface area contributed by atoms with E-state index < -0.39 is 0 Å². The summed E-state index contributed by atoms with van der Waals surface area (Å²) in [7, 11) is 1.65. The first-order valence-corrected chi connectivity index (χ1v) is 8.27. The molecule has 0 amide bonds.